The molecule has 96 valence electrons. The maximum Gasteiger partial charge on any atom is 0.136 e. The first kappa shape index (κ1) is 10.9. The number of ketones is 1. The van der Waals surface area contributed by atoms with E-state index in [1.54, 1.807) is 0 Å². The van der Waals surface area contributed by atoms with Crippen LogP contribution in [0.2, 0.25) is 0 Å². The highest BCUT2D eigenvalue weighted by molar-refractivity contribution is 5.95. The van der Waals surface area contributed by atoms with E-state index in [-0.39, 0.29) is 17.8 Å². The summed E-state index contributed by atoms with van der Waals surface area (Å²) in [5.41, 5.74) is 1.06. The average molecular weight is 254 g/mol. The largest absolute Gasteiger partial charge is 0.507 e. The van der Waals surface area contributed by atoms with Crippen molar-refractivity contribution in [3.05, 3.63) is 35.9 Å². The molecule has 2 atom stereocenters. The van der Waals surface area contributed by atoms with Gasteiger partial charge in [-0.15, -0.1) is 0 Å². The first-order valence-corrected chi connectivity index (χ1v) is 6.67. The first-order chi connectivity index (χ1) is 9.24. The number of aromatic hydroxyl groups is 1. The maximum absolute atomic E-state index is 11.6. The molecule has 0 unspecified atom stereocenters. The Hall–Kier alpha value is -2.03. The molecule has 3 nitrogen and oxygen atoms in total. The summed E-state index contributed by atoms with van der Waals surface area (Å²) in [6.45, 7) is 0. The van der Waals surface area contributed by atoms with Crippen molar-refractivity contribution in [3.63, 3.8) is 0 Å². The van der Waals surface area contributed by atoms with Gasteiger partial charge in [-0.2, -0.15) is 0 Å². The van der Waals surface area contributed by atoms with Gasteiger partial charge in [-0.25, -0.2) is 0 Å². The van der Waals surface area contributed by atoms with E-state index < -0.39 is 0 Å². The summed E-state index contributed by atoms with van der Waals surface area (Å²) in [6.07, 6.45) is 1.90. The molecule has 1 aliphatic carbocycles. The van der Waals surface area contributed by atoms with Crippen LogP contribution < -0.4 is 4.74 Å². The van der Waals surface area contributed by atoms with E-state index in [1.807, 2.05) is 30.3 Å². The van der Waals surface area contributed by atoms with Crippen LogP contribution in [-0.2, 0) is 4.79 Å². The van der Waals surface area contributed by atoms with Crippen LogP contribution in [0.5, 0.6) is 11.5 Å². The van der Waals surface area contributed by atoms with E-state index in [4.69, 9.17) is 4.74 Å². The maximum atomic E-state index is 11.6. The molecule has 4 rings (SSSR count). The Kier molecular flexibility index (Phi) is 2.13. The summed E-state index contributed by atoms with van der Waals surface area (Å²) in [4.78, 5) is 11.6. The van der Waals surface area contributed by atoms with Crippen molar-refractivity contribution in [2.24, 2.45) is 0 Å². The molecule has 0 saturated heterocycles. The van der Waals surface area contributed by atoms with Crippen LogP contribution >= 0.6 is 0 Å². The van der Waals surface area contributed by atoms with Gasteiger partial charge in [0.25, 0.3) is 0 Å². The summed E-state index contributed by atoms with van der Waals surface area (Å²) < 4.78 is 6.02. The Morgan fingerprint density at radius 2 is 2.00 bits per heavy atom. The monoisotopic (exact) mass is 254 g/mol. The third-order valence-electron chi connectivity index (χ3n) is 4.28. The first-order valence-electron chi connectivity index (χ1n) is 6.67. The third-order valence-corrected chi connectivity index (χ3v) is 4.28. The van der Waals surface area contributed by atoms with E-state index in [1.165, 1.54) is 0 Å². The lowest BCUT2D eigenvalue weighted by atomic mass is 9.82. The lowest BCUT2D eigenvalue weighted by molar-refractivity contribution is -0.122. The van der Waals surface area contributed by atoms with Crippen molar-refractivity contribution < 1.29 is 14.6 Å². The highest BCUT2D eigenvalue weighted by Crippen LogP contribution is 2.49. The van der Waals surface area contributed by atoms with Crippen LogP contribution in [0.4, 0.5) is 0 Å². The normalized spacial score (nSPS) is 24.9. The molecule has 1 saturated carbocycles. The molecular formula is C16H14O3. The predicted octanol–water partition coefficient (Wildman–Crippen LogP) is 3.14. The van der Waals surface area contributed by atoms with Crippen LogP contribution in [-0.4, -0.2) is 17.0 Å². The molecule has 2 aromatic rings. The number of fused-ring (bicyclic) bond motifs is 5. The van der Waals surface area contributed by atoms with Crippen LogP contribution in [0.3, 0.4) is 0 Å². The molecule has 1 heterocycles. The Balaban J connectivity index is 1.93. The Morgan fingerprint density at radius 1 is 1.21 bits per heavy atom. The van der Waals surface area contributed by atoms with E-state index in [2.05, 4.69) is 0 Å². The molecule has 3 heteroatoms. The fraction of sp³-hybridized carbons (Fsp3) is 0.312. The second kappa shape index (κ2) is 3.73. The summed E-state index contributed by atoms with van der Waals surface area (Å²) in [7, 11) is 0. The molecule has 0 radical (unpaired) electrons. The molecular weight excluding hydrogens is 240 g/mol. The summed E-state index contributed by atoms with van der Waals surface area (Å²) in [6, 6.07) is 9.52. The number of hydrogen-bond donors (Lipinski definition) is 1. The molecule has 2 aromatic carbocycles. The number of carbonyl (C=O) groups is 1. The molecule has 1 aliphatic heterocycles. The van der Waals surface area contributed by atoms with Crippen molar-refractivity contribution in [2.45, 2.75) is 31.3 Å². The third kappa shape index (κ3) is 1.47. The molecule has 1 N–H and O–H groups in total. The second-order valence-electron chi connectivity index (χ2n) is 5.40. The van der Waals surface area contributed by atoms with Crippen molar-refractivity contribution in [1.29, 1.82) is 0 Å². The van der Waals surface area contributed by atoms with Gasteiger partial charge in [-0.05, 0) is 12.5 Å². The number of benzene rings is 2. The summed E-state index contributed by atoms with van der Waals surface area (Å²) in [5.74, 6) is 1.69. The van der Waals surface area contributed by atoms with Gasteiger partial charge in [0.05, 0.1) is 0 Å². The molecule has 0 bridgehead atoms. The van der Waals surface area contributed by atoms with Crippen molar-refractivity contribution in [1.82, 2.24) is 0 Å². The van der Waals surface area contributed by atoms with Gasteiger partial charge in [0, 0.05) is 35.1 Å². The minimum absolute atomic E-state index is 0.0403. The van der Waals surface area contributed by atoms with Gasteiger partial charge < -0.3 is 9.84 Å². The van der Waals surface area contributed by atoms with Gasteiger partial charge in [0.2, 0.25) is 0 Å². The van der Waals surface area contributed by atoms with E-state index in [0.29, 0.717) is 18.6 Å². The highest BCUT2D eigenvalue weighted by Gasteiger charge is 2.40. The zero-order valence-corrected chi connectivity index (χ0v) is 10.4. The van der Waals surface area contributed by atoms with E-state index in [0.717, 1.165) is 28.5 Å². The molecule has 0 spiro atoms. The van der Waals surface area contributed by atoms with E-state index in [9.17, 15) is 9.90 Å². The van der Waals surface area contributed by atoms with Crippen molar-refractivity contribution >= 4 is 16.6 Å². The fourth-order valence-electron chi connectivity index (χ4n) is 3.36. The Labute approximate surface area is 110 Å². The number of hydrogen-bond acceptors (Lipinski definition) is 3. The van der Waals surface area contributed by atoms with Crippen molar-refractivity contribution in [3.8, 4) is 11.5 Å². The topological polar surface area (TPSA) is 46.5 Å². The minimum Gasteiger partial charge on any atom is -0.507 e. The van der Waals surface area contributed by atoms with Gasteiger partial charge in [0.15, 0.2) is 0 Å². The average Bonchev–Trinajstić information content (AvgIpc) is 2.77. The lowest BCUT2D eigenvalue weighted by Gasteiger charge is -2.22. The quantitative estimate of drug-likeness (QED) is 0.785. The SMILES string of the molecule is O=C1CC[C@H]2c3cc(O)c4ccccc4c3O[C@H]2C1. The Morgan fingerprint density at radius 3 is 2.84 bits per heavy atom. The zero-order chi connectivity index (χ0) is 13.0. The van der Waals surface area contributed by atoms with Gasteiger partial charge >= 0.3 is 0 Å². The van der Waals surface area contributed by atoms with Gasteiger partial charge in [0.1, 0.15) is 23.4 Å². The number of phenols is 1. The van der Waals surface area contributed by atoms with Crippen LogP contribution in [0.1, 0.15) is 30.7 Å². The number of carbonyl (C=O) groups excluding carboxylic acids is 1. The number of ether oxygens (including phenoxy) is 1. The van der Waals surface area contributed by atoms with Crippen molar-refractivity contribution in [2.75, 3.05) is 0 Å². The van der Waals surface area contributed by atoms with Crippen LogP contribution in [0.25, 0.3) is 10.8 Å². The number of Topliss-reactive ketones (excluding diaryl/α,β-unsaturated/α-hetero) is 1. The van der Waals surface area contributed by atoms with Crippen LogP contribution in [0.15, 0.2) is 30.3 Å². The molecule has 0 aromatic heterocycles. The van der Waals surface area contributed by atoms with E-state index >= 15 is 0 Å². The number of rotatable bonds is 0. The lowest BCUT2D eigenvalue weighted by Crippen LogP contribution is -2.27. The standard InChI is InChI=1S/C16H14O3/c17-9-5-6-11-13-8-14(18)10-3-1-2-4-12(10)16(13)19-15(11)7-9/h1-4,8,11,15,18H,5-7H2/t11-,15-/m0/s1. The van der Waals surface area contributed by atoms with Gasteiger partial charge in [-0.3, -0.25) is 4.79 Å². The minimum atomic E-state index is -0.0403. The zero-order valence-electron chi connectivity index (χ0n) is 10.4. The summed E-state index contributed by atoms with van der Waals surface area (Å²) in [5, 5.41) is 11.9. The second-order valence-corrected chi connectivity index (χ2v) is 5.40. The molecule has 2 aliphatic rings. The molecule has 0 amide bonds. The molecule has 1 fully saturated rings. The van der Waals surface area contributed by atoms with Gasteiger partial charge in [-0.1, -0.05) is 24.3 Å². The Bertz CT molecular complexity index is 690. The summed E-state index contributed by atoms with van der Waals surface area (Å²) >= 11 is 0. The predicted molar refractivity (Wildman–Crippen MR) is 71.6 cm³/mol. The fourth-order valence-corrected chi connectivity index (χ4v) is 3.36. The smallest absolute Gasteiger partial charge is 0.136 e. The highest BCUT2D eigenvalue weighted by atomic mass is 16.5. The number of phenolic OH excluding ortho intramolecular Hbond substituents is 1. The molecule has 19 heavy (non-hydrogen) atoms. The van der Waals surface area contributed by atoms with Crippen LogP contribution in [0, 0.1) is 0 Å².